The minimum absolute atomic E-state index is 0.0573. The summed E-state index contributed by atoms with van der Waals surface area (Å²) >= 11 is 0. The number of alkyl carbamates (subject to hydrolysis) is 2. The van der Waals surface area contributed by atoms with Gasteiger partial charge < -0.3 is 40.8 Å². The number of benzene rings is 1. The van der Waals surface area contributed by atoms with Crippen LogP contribution in [0, 0.1) is 17.8 Å². The van der Waals surface area contributed by atoms with Gasteiger partial charge in [0.25, 0.3) is 0 Å². The van der Waals surface area contributed by atoms with Crippen molar-refractivity contribution in [3.63, 3.8) is 0 Å². The van der Waals surface area contributed by atoms with Gasteiger partial charge in [-0.1, -0.05) is 56.1 Å². The first-order chi connectivity index (χ1) is 27.2. The van der Waals surface area contributed by atoms with E-state index >= 15 is 0 Å². The second-order valence-corrected chi connectivity index (χ2v) is 18.2. The summed E-state index contributed by atoms with van der Waals surface area (Å²) in [5, 5.41) is 14.3. The fourth-order valence-corrected chi connectivity index (χ4v) is 6.16. The molecular weight excluding hydrogens is 739 g/mol. The fourth-order valence-electron chi connectivity index (χ4n) is 6.16. The van der Waals surface area contributed by atoms with Crippen molar-refractivity contribution in [2.45, 2.75) is 181 Å². The number of nitrogens with one attached hydrogen (secondary N) is 5. The number of hydrogen-bond donors (Lipinski definition) is 5. The summed E-state index contributed by atoms with van der Waals surface area (Å²) in [4.78, 5) is 64.3. The van der Waals surface area contributed by atoms with Crippen LogP contribution in [0.1, 0.15) is 157 Å². The highest BCUT2D eigenvalue weighted by Crippen LogP contribution is 2.25. The molecule has 1 aromatic carbocycles. The Kier molecular flexibility index (Phi) is 21.7. The van der Waals surface area contributed by atoms with E-state index in [9.17, 15) is 24.0 Å². The summed E-state index contributed by atoms with van der Waals surface area (Å²) in [5.41, 5.74) is 0.0539. The van der Waals surface area contributed by atoms with Crippen molar-refractivity contribution in [2.75, 3.05) is 19.7 Å². The molecule has 13 nitrogen and oxygen atoms in total. The van der Waals surface area contributed by atoms with Gasteiger partial charge in [0.2, 0.25) is 17.7 Å². The van der Waals surface area contributed by atoms with Crippen LogP contribution in [-0.2, 0) is 35.1 Å². The van der Waals surface area contributed by atoms with Gasteiger partial charge in [-0.3, -0.25) is 14.4 Å². The highest BCUT2D eigenvalue weighted by atomic mass is 16.6. The Labute approximate surface area is 348 Å². The van der Waals surface area contributed by atoms with Gasteiger partial charge in [-0.05, 0) is 124 Å². The second kappa shape index (κ2) is 25.2. The lowest BCUT2D eigenvalue weighted by atomic mass is 9.87. The van der Waals surface area contributed by atoms with Crippen molar-refractivity contribution in [3.05, 3.63) is 35.4 Å². The molecule has 0 heterocycles. The molecule has 1 aliphatic rings. The molecule has 326 valence electrons. The topological polar surface area (TPSA) is 173 Å². The van der Waals surface area contributed by atoms with Crippen LogP contribution < -0.4 is 26.6 Å². The number of carbonyl (C=O) groups is 5. The van der Waals surface area contributed by atoms with Crippen LogP contribution in [-0.4, -0.2) is 78.5 Å². The Morgan fingerprint density at radius 2 is 1.33 bits per heavy atom. The van der Waals surface area contributed by atoms with Gasteiger partial charge in [-0.25, -0.2) is 9.59 Å². The standard InChI is InChI=1S/C45H73N5O8/c1-43(2,3)56-32-37(49-38(51)23-16-11-10-13-21-34-24-26-35(27-25-34)31-48-42(55)58-45(7,8)9)40(53)50-36(22-17-18-29-47-41(54)57-44(4,5)6)39(52)46-30-28-33-19-14-12-15-20-33/h24-27,33,36-37H,10-12,14-20,22-23,28-32H2,1-9H3,(H,46,52)(H,47,54)(H,48,55)(H,49,51)(H,50,53)/t36-,37-/m0/s1. The molecule has 5 amide bonds. The lowest BCUT2D eigenvalue weighted by Crippen LogP contribution is -2.55. The van der Waals surface area contributed by atoms with Crippen LogP contribution in [0.2, 0.25) is 0 Å². The molecule has 0 unspecified atom stereocenters. The van der Waals surface area contributed by atoms with Crippen molar-refractivity contribution in [3.8, 4) is 11.8 Å². The Bertz CT molecular complexity index is 1490. The van der Waals surface area contributed by atoms with E-state index in [-0.39, 0.29) is 24.8 Å². The van der Waals surface area contributed by atoms with E-state index in [1.807, 2.05) is 65.8 Å². The fraction of sp³-hybridized carbons (Fsp3) is 0.711. The van der Waals surface area contributed by atoms with Gasteiger partial charge in [-0.2, -0.15) is 0 Å². The molecule has 2 atom stereocenters. The molecule has 5 N–H and O–H groups in total. The normalized spacial score (nSPS) is 14.5. The molecular formula is C45H73N5O8. The van der Waals surface area contributed by atoms with Crippen molar-refractivity contribution in [1.82, 2.24) is 26.6 Å². The van der Waals surface area contributed by atoms with Crippen LogP contribution in [0.25, 0.3) is 0 Å². The molecule has 0 spiro atoms. The summed E-state index contributed by atoms with van der Waals surface area (Å²) in [5.74, 6) is 5.84. The van der Waals surface area contributed by atoms with Crippen molar-refractivity contribution < 1.29 is 38.2 Å². The van der Waals surface area contributed by atoms with Gasteiger partial charge in [0, 0.05) is 38.0 Å². The lowest BCUT2D eigenvalue weighted by molar-refractivity contribution is -0.135. The molecule has 0 saturated heterocycles. The first-order valence-corrected chi connectivity index (χ1v) is 21.2. The van der Waals surface area contributed by atoms with Gasteiger partial charge in [0.15, 0.2) is 0 Å². The third-order valence-electron chi connectivity index (χ3n) is 9.11. The molecule has 0 aliphatic heterocycles. The molecule has 1 saturated carbocycles. The number of amides is 5. The molecule has 1 fully saturated rings. The first-order valence-electron chi connectivity index (χ1n) is 21.2. The van der Waals surface area contributed by atoms with Crippen molar-refractivity contribution in [1.29, 1.82) is 0 Å². The Morgan fingerprint density at radius 3 is 1.95 bits per heavy atom. The molecule has 1 aliphatic carbocycles. The van der Waals surface area contributed by atoms with Gasteiger partial charge >= 0.3 is 12.2 Å². The van der Waals surface area contributed by atoms with E-state index in [0.717, 1.165) is 17.5 Å². The minimum atomic E-state index is -1.000. The average molecular weight is 812 g/mol. The monoisotopic (exact) mass is 812 g/mol. The van der Waals surface area contributed by atoms with E-state index in [4.69, 9.17) is 14.2 Å². The summed E-state index contributed by atoms with van der Waals surface area (Å²) < 4.78 is 16.5. The van der Waals surface area contributed by atoms with Crippen LogP contribution in [0.4, 0.5) is 9.59 Å². The molecule has 0 aromatic heterocycles. The predicted molar refractivity (Wildman–Crippen MR) is 227 cm³/mol. The number of carbonyl (C=O) groups excluding carboxylic acids is 5. The molecule has 2 rings (SSSR count). The van der Waals surface area contributed by atoms with Crippen molar-refractivity contribution >= 4 is 29.9 Å². The van der Waals surface area contributed by atoms with Crippen LogP contribution in [0.3, 0.4) is 0 Å². The Hall–Kier alpha value is -4.31. The van der Waals surface area contributed by atoms with Gasteiger partial charge in [0.1, 0.15) is 23.3 Å². The molecule has 0 radical (unpaired) electrons. The van der Waals surface area contributed by atoms with E-state index in [1.165, 1.54) is 32.1 Å². The van der Waals surface area contributed by atoms with E-state index in [1.54, 1.807) is 20.8 Å². The maximum atomic E-state index is 13.7. The van der Waals surface area contributed by atoms with Gasteiger partial charge in [0.05, 0.1) is 12.2 Å². The minimum Gasteiger partial charge on any atom is -0.444 e. The quantitative estimate of drug-likeness (QED) is 0.0680. The van der Waals surface area contributed by atoms with E-state index in [0.29, 0.717) is 64.1 Å². The number of ether oxygens (including phenoxy) is 3. The lowest BCUT2D eigenvalue weighted by Gasteiger charge is -2.27. The summed E-state index contributed by atoms with van der Waals surface area (Å²) in [6, 6.07) is 5.78. The zero-order chi connectivity index (χ0) is 43.2. The number of rotatable bonds is 20. The van der Waals surface area contributed by atoms with Crippen LogP contribution >= 0.6 is 0 Å². The van der Waals surface area contributed by atoms with Crippen LogP contribution in [0.5, 0.6) is 0 Å². The van der Waals surface area contributed by atoms with E-state index < -0.39 is 47.0 Å². The van der Waals surface area contributed by atoms with Gasteiger partial charge in [-0.15, -0.1) is 0 Å². The maximum absolute atomic E-state index is 13.7. The zero-order valence-electron chi connectivity index (χ0n) is 36.8. The van der Waals surface area contributed by atoms with E-state index in [2.05, 4.69) is 38.4 Å². The maximum Gasteiger partial charge on any atom is 0.407 e. The third-order valence-corrected chi connectivity index (χ3v) is 9.11. The Balaban J connectivity index is 1.92. The molecule has 58 heavy (non-hydrogen) atoms. The predicted octanol–water partition coefficient (Wildman–Crippen LogP) is 7.19. The summed E-state index contributed by atoms with van der Waals surface area (Å²) in [7, 11) is 0. The molecule has 13 heteroatoms. The zero-order valence-corrected chi connectivity index (χ0v) is 36.8. The largest absolute Gasteiger partial charge is 0.444 e. The molecule has 0 bridgehead atoms. The second-order valence-electron chi connectivity index (χ2n) is 18.2. The SMILES string of the molecule is CC(C)(C)OC[C@H](NC(=O)CCCCC#Cc1ccc(CNC(=O)OC(C)(C)C)cc1)C(=O)N[C@@H](CCCCNC(=O)OC(C)(C)C)C(=O)NCCC1CCCCC1. The van der Waals surface area contributed by atoms with Crippen LogP contribution in [0.15, 0.2) is 24.3 Å². The average Bonchev–Trinajstić information content (AvgIpc) is 3.12. The first kappa shape index (κ1) is 49.8. The number of hydrogen-bond acceptors (Lipinski definition) is 8. The smallest absolute Gasteiger partial charge is 0.407 e. The van der Waals surface area contributed by atoms with Crippen molar-refractivity contribution in [2.24, 2.45) is 5.92 Å². The highest BCUT2D eigenvalue weighted by molar-refractivity contribution is 5.92. The molecule has 1 aromatic rings. The third kappa shape index (κ3) is 24.5. The number of unbranched alkanes of at least 4 members (excludes halogenated alkanes) is 3. The Morgan fingerprint density at radius 1 is 0.690 bits per heavy atom. The highest BCUT2D eigenvalue weighted by Gasteiger charge is 2.28. The summed E-state index contributed by atoms with van der Waals surface area (Å²) in [6.45, 7) is 17.7. The summed E-state index contributed by atoms with van der Waals surface area (Å²) in [6.07, 6.45) is 9.57.